The third-order valence-electron chi connectivity index (χ3n) is 2.04. The second kappa shape index (κ2) is 8.10. The fourth-order valence-corrected chi connectivity index (χ4v) is 1.09. The summed E-state index contributed by atoms with van der Waals surface area (Å²) in [5.74, 6) is -0.168. The molecular weight excluding hydrogens is 206 g/mol. The number of carbonyl (C=O) groups is 2. The van der Waals surface area contributed by atoms with Crippen LogP contribution in [-0.4, -0.2) is 37.0 Å². The molecule has 0 aromatic carbocycles. The van der Waals surface area contributed by atoms with Crippen molar-refractivity contribution < 1.29 is 9.59 Å². The first-order valence-electron chi connectivity index (χ1n) is 5.75. The Balaban J connectivity index is 3.58. The van der Waals surface area contributed by atoms with Crippen molar-refractivity contribution in [1.82, 2.24) is 16.0 Å². The average molecular weight is 229 g/mol. The first-order chi connectivity index (χ1) is 7.45. The van der Waals surface area contributed by atoms with Crippen LogP contribution in [0.5, 0.6) is 0 Å². The average Bonchev–Trinajstić information content (AvgIpc) is 2.16. The third-order valence-corrected chi connectivity index (χ3v) is 2.04. The van der Waals surface area contributed by atoms with E-state index in [1.807, 2.05) is 27.7 Å². The molecule has 0 saturated carbocycles. The molecule has 0 aliphatic rings. The molecule has 0 fully saturated rings. The predicted octanol–water partition coefficient (Wildman–Crippen LogP) is 0.0153. The van der Waals surface area contributed by atoms with Crippen molar-refractivity contribution in [3.8, 4) is 0 Å². The lowest BCUT2D eigenvalue weighted by atomic mass is 10.2. The lowest BCUT2D eigenvalue weighted by Gasteiger charge is -2.12. The highest BCUT2D eigenvalue weighted by atomic mass is 16.2. The molecule has 5 nitrogen and oxygen atoms in total. The van der Waals surface area contributed by atoms with E-state index in [0.29, 0.717) is 0 Å². The van der Waals surface area contributed by atoms with Gasteiger partial charge < -0.3 is 10.6 Å². The zero-order valence-corrected chi connectivity index (χ0v) is 10.6. The summed E-state index contributed by atoms with van der Waals surface area (Å²) in [6.07, 6.45) is 0.902. The summed E-state index contributed by atoms with van der Waals surface area (Å²) in [7, 11) is 0. The van der Waals surface area contributed by atoms with Gasteiger partial charge in [0.25, 0.3) is 0 Å². The summed E-state index contributed by atoms with van der Waals surface area (Å²) in [5.41, 5.74) is 0. The van der Waals surface area contributed by atoms with E-state index in [0.717, 1.165) is 6.42 Å². The van der Waals surface area contributed by atoms with Crippen LogP contribution in [0.3, 0.4) is 0 Å². The Hall–Kier alpha value is -1.10. The van der Waals surface area contributed by atoms with E-state index in [1.54, 1.807) is 0 Å². The van der Waals surface area contributed by atoms with Crippen LogP contribution in [0.1, 0.15) is 34.1 Å². The Morgan fingerprint density at radius 1 is 1.00 bits per heavy atom. The monoisotopic (exact) mass is 229 g/mol. The van der Waals surface area contributed by atoms with Crippen molar-refractivity contribution in [3.05, 3.63) is 0 Å². The largest absolute Gasteiger partial charge is 0.353 e. The van der Waals surface area contributed by atoms with E-state index >= 15 is 0 Å². The van der Waals surface area contributed by atoms with Gasteiger partial charge in [-0.3, -0.25) is 14.9 Å². The summed E-state index contributed by atoms with van der Waals surface area (Å²) in [6.45, 7) is 8.10. The summed E-state index contributed by atoms with van der Waals surface area (Å²) in [5, 5.41) is 8.34. The van der Waals surface area contributed by atoms with Crippen LogP contribution < -0.4 is 16.0 Å². The Bertz CT molecular complexity index is 229. The molecule has 0 heterocycles. The highest BCUT2D eigenvalue weighted by molar-refractivity contribution is 5.81. The first kappa shape index (κ1) is 14.9. The normalized spacial score (nSPS) is 12.3. The molecule has 0 radical (unpaired) electrons. The van der Waals surface area contributed by atoms with E-state index in [2.05, 4.69) is 16.0 Å². The van der Waals surface area contributed by atoms with E-state index in [4.69, 9.17) is 0 Å². The molecule has 3 N–H and O–H groups in total. The van der Waals surface area contributed by atoms with Gasteiger partial charge in [-0.05, 0) is 27.2 Å². The highest BCUT2D eigenvalue weighted by Crippen LogP contribution is 1.86. The number of rotatable bonds is 7. The van der Waals surface area contributed by atoms with Crippen molar-refractivity contribution in [2.75, 3.05) is 13.1 Å². The van der Waals surface area contributed by atoms with Gasteiger partial charge in [-0.25, -0.2) is 0 Å². The Morgan fingerprint density at radius 2 is 1.50 bits per heavy atom. The van der Waals surface area contributed by atoms with Crippen LogP contribution in [0, 0.1) is 0 Å². The van der Waals surface area contributed by atoms with Crippen LogP contribution in [0.15, 0.2) is 0 Å². The Morgan fingerprint density at radius 3 is 1.94 bits per heavy atom. The lowest BCUT2D eigenvalue weighted by Crippen LogP contribution is -2.43. The van der Waals surface area contributed by atoms with Gasteiger partial charge in [-0.1, -0.05) is 6.92 Å². The van der Waals surface area contributed by atoms with Crippen LogP contribution >= 0.6 is 0 Å². The number of hydrogen-bond acceptors (Lipinski definition) is 3. The van der Waals surface area contributed by atoms with Crippen molar-refractivity contribution in [1.29, 1.82) is 0 Å². The maximum atomic E-state index is 11.3. The molecule has 0 rings (SSSR count). The SMILES string of the molecule is CCC(C)NC(=O)CNCC(=O)NC(C)C. The van der Waals surface area contributed by atoms with Gasteiger partial charge in [0.15, 0.2) is 0 Å². The van der Waals surface area contributed by atoms with Crippen molar-refractivity contribution in [2.45, 2.75) is 46.2 Å². The molecule has 16 heavy (non-hydrogen) atoms. The molecular formula is C11H23N3O2. The second-order valence-corrected chi connectivity index (χ2v) is 4.20. The molecule has 0 aromatic rings. The van der Waals surface area contributed by atoms with Crippen LogP contribution in [0.25, 0.3) is 0 Å². The van der Waals surface area contributed by atoms with Gasteiger partial charge in [-0.2, -0.15) is 0 Å². The highest BCUT2D eigenvalue weighted by Gasteiger charge is 2.06. The van der Waals surface area contributed by atoms with Gasteiger partial charge in [0.05, 0.1) is 13.1 Å². The second-order valence-electron chi connectivity index (χ2n) is 4.20. The molecule has 0 aromatic heterocycles. The molecule has 94 valence electrons. The lowest BCUT2D eigenvalue weighted by molar-refractivity contribution is -0.121. The van der Waals surface area contributed by atoms with Crippen LogP contribution in [0.2, 0.25) is 0 Å². The van der Waals surface area contributed by atoms with Gasteiger partial charge in [-0.15, -0.1) is 0 Å². The molecule has 1 unspecified atom stereocenters. The predicted molar refractivity (Wildman–Crippen MR) is 64.0 cm³/mol. The van der Waals surface area contributed by atoms with Gasteiger partial charge in [0.2, 0.25) is 11.8 Å². The minimum atomic E-state index is -0.0914. The minimum Gasteiger partial charge on any atom is -0.353 e. The first-order valence-corrected chi connectivity index (χ1v) is 5.75. The molecule has 0 saturated heterocycles. The zero-order valence-electron chi connectivity index (χ0n) is 10.6. The van der Waals surface area contributed by atoms with E-state index in [-0.39, 0.29) is 37.0 Å². The maximum absolute atomic E-state index is 11.3. The number of nitrogens with one attached hydrogen (secondary N) is 3. The van der Waals surface area contributed by atoms with Crippen LogP contribution in [-0.2, 0) is 9.59 Å². The fraction of sp³-hybridized carbons (Fsp3) is 0.818. The Labute approximate surface area is 97.4 Å². The number of hydrogen-bond donors (Lipinski definition) is 3. The fourth-order valence-electron chi connectivity index (χ4n) is 1.09. The molecule has 0 aliphatic heterocycles. The molecule has 5 heteroatoms. The quantitative estimate of drug-likeness (QED) is 0.576. The molecule has 0 spiro atoms. The van der Waals surface area contributed by atoms with E-state index < -0.39 is 0 Å². The third kappa shape index (κ3) is 8.23. The number of carbonyl (C=O) groups excluding carboxylic acids is 2. The summed E-state index contributed by atoms with van der Waals surface area (Å²) in [6, 6.07) is 0.307. The number of amides is 2. The molecule has 0 bridgehead atoms. The molecule has 0 aliphatic carbocycles. The van der Waals surface area contributed by atoms with Gasteiger partial charge in [0.1, 0.15) is 0 Å². The van der Waals surface area contributed by atoms with Crippen LogP contribution in [0.4, 0.5) is 0 Å². The zero-order chi connectivity index (χ0) is 12.6. The maximum Gasteiger partial charge on any atom is 0.234 e. The summed E-state index contributed by atoms with van der Waals surface area (Å²) in [4.78, 5) is 22.5. The van der Waals surface area contributed by atoms with Crippen molar-refractivity contribution in [3.63, 3.8) is 0 Å². The smallest absolute Gasteiger partial charge is 0.234 e. The molecule has 1 atom stereocenters. The molecule has 2 amide bonds. The Kier molecular flexibility index (Phi) is 7.54. The van der Waals surface area contributed by atoms with E-state index in [1.165, 1.54) is 0 Å². The van der Waals surface area contributed by atoms with Gasteiger partial charge >= 0.3 is 0 Å². The standard InChI is InChI=1S/C11H23N3O2/c1-5-9(4)14-11(16)7-12-6-10(15)13-8(2)3/h8-9,12H,5-7H2,1-4H3,(H,13,15)(H,14,16). The minimum absolute atomic E-state index is 0.0771. The van der Waals surface area contributed by atoms with Crippen molar-refractivity contribution in [2.24, 2.45) is 0 Å². The topological polar surface area (TPSA) is 70.2 Å². The van der Waals surface area contributed by atoms with E-state index in [9.17, 15) is 9.59 Å². The van der Waals surface area contributed by atoms with Gasteiger partial charge in [0, 0.05) is 12.1 Å². The summed E-state index contributed by atoms with van der Waals surface area (Å²) < 4.78 is 0. The van der Waals surface area contributed by atoms with Crippen molar-refractivity contribution >= 4 is 11.8 Å². The summed E-state index contributed by atoms with van der Waals surface area (Å²) >= 11 is 0.